The van der Waals surface area contributed by atoms with Crippen LogP contribution < -0.4 is 5.32 Å². The lowest BCUT2D eigenvalue weighted by atomic mass is 10.1. The average molecular weight is 282 g/mol. The molecule has 0 spiro atoms. The highest BCUT2D eigenvalue weighted by Crippen LogP contribution is 2.19. The highest BCUT2D eigenvalue weighted by atomic mass is 35.5. The minimum Gasteiger partial charge on any atom is -0.348 e. The van der Waals surface area contributed by atoms with Gasteiger partial charge in [-0.1, -0.05) is 18.5 Å². The monoisotopic (exact) mass is 281 g/mol. The van der Waals surface area contributed by atoms with Crippen LogP contribution in [-0.2, 0) is 0 Å². The van der Waals surface area contributed by atoms with Crippen LogP contribution in [-0.4, -0.2) is 21.9 Å². The summed E-state index contributed by atoms with van der Waals surface area (Å²) in [5.74, 6) is 1.92. The number of aromatic nitrogens is 1. The molecule has 0 aliphatic heterocycles. The van der Waals surface area contributed by atoms with Crippen LogP contribution in [0.3, 0.4) is 0 Å². The highest BCUT2D eigenvalue weighted by molar-refractivity contribution is 6.32. The molecule has 0 aliphatic rings. The van der Waals surface area contributed by atoms with Gasteiger partial charge in [0, 0.05) is 18.5 Å². The van der Waals surface area contributed by atoms with E-state index in [9.17, 15) is 14.9 Å². The molecule has 1 rings (SSSR count). The minimum atomic E-state index is -0.640. The van der Waals surface area contributed by atoms with Crippen molar-refractivity contribution in [1.82, 2.24) is 10.3 Å². The number of carbonyl (C=O) groups excluding carboxylic acids is 1. The van der Waals surface area contributed by atoms with Gasteiger partial charge in [0.25, 0.3) is 11.6 Å². The number of amides is 1. The fourth-order valence-electron chi connectivity index (χ4n) is 1.40. The number of pyridine rings is 1. The Bertz CT molecular complexity index is 540. The van der Waals surface area contributed by atoms with Gasteiger partial charge in [0.1, 0.15) is 11.3 Å². The maximum Gasteiger partial charge on any atom is 0.288 e. The lowest BCUT2D eigenvalue weighted by Crippen LogP contribution is -2.34. The Balaban J connectivity index is 2.96. The van der Waals surface area contributed by atoms with Gasteiger partial charge in [0.05, 0.1) is 10.5 Å². The second-order valence-corrected chi connectivity index (χ2v) is 4.13. The van der Waals surface area contributed by atoms with Crippen molar-refractivity contribution >= 4 is 23.2 Å². The van der Waals surface area contributed by atoms with Crippen LogP contribution in [0.2, 0.25) is 5.15 Å². The number of carbonyl (C=O) groups is 1. The number of nitrogens with one attached hydrogen (secondary N) is 1. The molecule has 1 aromatic heterocycles. The first-order valence-electron chi connectivity index (χ1n) is 5.53. The number of terminal acetylenes is 1. The van der Waals surface area contributed by atoms with E-state index >= 15 is 0 Å². The SMILES string of the molecule is C#CCC(CC)NC(=O)c1cc([N+](=O)[O-])cnc1Cl. The van der Waals surface area contributed by atoms with Crippen molar-refractivity contribution in [2.24, 2.45) is 0 Å². The van der Waals surface area contributed by atoms with Crippen LogP contribution in [0.25, 0.3) is 0 Å². The van der Waals surface area contributed by atoms with Crippen molar-refractivity contribution in [2.45, 2.75) is 25.8 Å². The fourth-order valence-corrected chi connectivity index (χ4v) is 1.59. The van der Waals surface area contributed by atoms with Gasteiger partial charge in [-0.05, 0) is 6.42 Å². The maximum atomic E-state index is 12.0. The number of hydrogen-bond donors (Lipinski definition) is 1. The van der Waals surface area contributed by atoms with Crippen molar-refractivity contribution in [1.29, 1.82) is 0 Å². The third-order valence-electron chi connectivity index (χ3n) is 2.47. The third kappa shape index (κ3) is 3.93. The number of nitro groups is 1. The molecule has 19 heavy (non-hydrogen) atoms. The molecule has 0 aliphatic carbocycles. The predicted octanol–water partition coefficient (Wildman–Crippen LogP) is 2.17. The lowest BCUT2D eigenvalue weighted by Gasteiger charge is -2.14. The molecule has 6 nitrogen and oxygen atoms in total. The van der Waals surface area contributed by atoms with E-state index in [0.29, 0.717) is 12.8 Å². The summed E-state index contributed by atoms with van der Waals surface area (Å²) in [5, 5.41) is 13.2. The quantitative estimate of drug-likeness (QED) is 0.388. The van der Waals surface area contributed by atoms with Gasteiger partial charge in [-0.25, -0.2) is 4.98 Å². The molecule has 0 saturated heterocycles. The Morgan fingerprint density at radius 3 is 2.95 bits per heavy atom. The number of nitrogens with zero attached hydrogens (tertiary/aromatic N) is 2. The summed E-state index contributed by atoms with van der Waals surface area (Å²) in [6.07, 6.45) is 7.21. The molecule has 1 atom stereocenters. The van der Waals surface area contributed by atoms with E-state index in [1.807, 2.05) is 6.92 Å². The highest BCUT2D eigenvalue weighted by Gasteiger charge is 2.19. The van der Waals surface area contributed by atoms with Crippen LogP contribution in [0.4, 0.5) is 5.69 Å². The van der Waals surface area contributed by atoms with Crippen molar-refractivity contribution in [2.75, 3.05) is 0 Å². The van der Waals surface area contributed by atoms with Crippen molar-refractivity contribution < 1.29 is 9.72 Å². The molecule has 0 fully saturated rings. The molecule has 1 unspecified atom stereocenters. The molecule has 1 aromatic rings. The van der Waals surface area contributed by atoms with E-state index in [1.165, 1.54) is 0 Å². The van der Waals surface area contributed by atoms with Gasteiger partial charge in [0.2, 0.25) is 0 Å². The summed E-state index contributed by atoms with van der Waals surface area (Å²) in [6.45, 7) is 1.87. The van der Waals surface area contributed by atoms with E-state index < -0.39 is 10.8 Å². The average Bonchev–Trinajstić information content (AvgIpc) is 2.38. The maximum absolute atomic E-state index is 12.0. The zero-order chi connectivity index (χ0) is 14.4. The van der Waals surface area contributed by atoms with Crippen molar-refractivity contribution in [3.05, 3.63) is 33.1 Å². The third-order valence-corrected chi connectivity index (χ3v) is 2.77. The van der Waals surface area contributed by atoms with Crippen LogP contribution in [0, 0.1) is 22.5 Å². The fraction of sp³-hybridized carbons (Fsp3) is 0.333. The van der Waals surface area contributed by atoms with Gasteiger partial charge in [-0.15, -0.1) is 12.3 Å². The van der Waals surface area contributed by atoms with Gasteiger partial charge in [0.15, 0.2) is 0 Å². The standard InChI is InChI=1S/C12H12ClN3O3/c1-3-5-8(4-2)15-12(17)10-6-9(16(18)19)7-14-11(10)13/h1,6-8H,4-5H2,2H3,(H,15,17). The molecule has 0 aromatic carbocycles. The zero-order valence-electron chi connectivity index (χ0n) is 10.2. The van der Waals surface area contributed by atoms with Crippen LogP contribution in [0.5, 0.6) is 0 Å². The van der Waals surface area contributed by atoms with Gasteiger partial charge in [-0.2, -0.15) is 0 Å². The summed E-state index contributed by atoms with van der Waals surface area (Å²) < 4.78 is 0. The van der Waals surface area contributed by atoms with Crippen LogP contribution in [0.1, 0.15) is 30.1 Å². The summed E-state index contributed by atoms with van der Waals surface area (Å²) in [4.78, 5) is 25.6. The van der Waals surface area contributed by atoms with E-state index in [-0.39, 0.29) is 22.4 Å². The zero-order valence-corrected chi connectivity index (χ0v) is 11.0. The van der Waals surface area contributed by atoms with E-state index in [2.05, 4.69) is 16.2 Å². The molecule has 0 bridgehead atoms. The second kappa shape index (κ2) is 6.71. The molecular formula is C12H12ClN3O3. The second-order valence-electron chi connectivity index (χ2n) is 3.78. The van der Waals surface area contributed by atoms with Gasteiger partial charge < -0.3 is 5.32 Å². The minimum absolute atomic E-state index is 0.0358. The number of hydrogen-bond acceptors (Lipinski definition) is 4. The Hall–Kier alpha value is -2.13. The molecule has 1 N–H and O–H groups in total. The molecule has 100 valence electrons. The number of halogens is 1. The summed E-state index contributed by atoms with van der Waals surface area (Å²) in [7, 11) is 0. The Morgan fingerprint density at radius 1 is 1.74 bits per heavy atom. The largest absolute Gasteiger partial charge is 0.348 e. The molecule has 1 heterocycles. The van der Waals surface area contributed by atoms with Crippen LogP contribution in [0.15, 0.2) is 12.3 Å². The number of rotatable bonds is 5. The molecule has 7 heteroatoms. The van der Waals surface area contributed by atoms with E-state index in [1.54, 1.807) is 0 Å². The topological polar surface area (TPSA) is 85.1 Å². The summed E-state index contributed by atoms with van der Waals surface area (Å²) in [5.41, 5.74) is -0.328. The first kappa shape index (κ1) is 14.9. The molecule has 1 amide bonds. The van der Waals surface area contributed by atoms with Crippen molar-refractivity contribution in [3.8, 4) is 12.3 Å². The van der Waals surface area contributed by atoms with Gasteiger partial charge >= 0.3 is 0 Å². The van der Waals surface area contributed by atoms with Gasteiger partial charge in [-0.3, -0.25) is 14.9 Å². The lowest BCUT2D eigenvalue weighted by molar-refractivity contribution is -0.385. The first-order chi connectivity index (χ1) is 8.99. The van der Waals surface area contributed by atoms with Crippen LogP contribution >= 0.6 is 11.6 Å². The normalized spacial score (nSPS) is 11.4. The molecule has 0 saturated carbocycles. The van der Waals surface area contributed by atoms with E-state index in [4.69, 9.17) is 18.0 Å². The van der Waals surface area contributed by atoms with Crippen molar-refractivity contribution in [3.63, 3.8) is 0 Å². The summed E-state index contributed by atoms with van der Waals surface area (Å²) in [6, 6.07) is 0.889. The molecular weight excluding hydrogens is 270 g/mol. The Morgan fingerprint density at radius 2 is 2.42 bits per heavy atom. The smallest absolute Gasteiger partial charge is 0.288 e. The first-order valence-corrected chi connectivity index (χ1v) is 5.91. The van der Waals surface area contributed by atoms with E-state index in [0.717, 1.165) is 12.3 Å². The Labute approximate surface area is 115 Å². The summed E-state index contributed by atoms with van der Waals surface area (Å²) >= 11 is 5.76. The predicted molar refractivity (Wildman–Crippen MR) is 70.9 cm³/mol. The molecule has 0 radical (unpaired) electrons. The Kier molecular flexibility index (Phi) is 5.27.